The molecule has 1 aliphatic rings. The number of rotatable bonds is 4. The number of hydrogen-bond donors (Lipinski definition) is 0. The Balaban J connectivity index is 2.08. The summed E-state index contributed by atoms with van der Waals surface area (Å²) in [5.74, 6) is -21.2. The van der Waals surface area contributed by atoms with E-state index in [1.165, 1.54) is 36.4 Å². The van der Waals surface area contributed by atoms with Crippen LogP contribution in [-0.2, 0) is 0 Å². The summed E-state index contributed by atoms with van der Waals surface area (Å²) >= 11 is 0. The number of hydrogen-bond acceptors (Lipinski definition) is 2. The first-order valence-corrected chi connectivity index (χ1v) is 6.77. The van der Waals surface area contributed by atoms with Crippen LogP contribution in [0.2, 0.25) is 0 Å². The third-order valence-electron chi connectivity index (χ3n) is 3.62. The molecule has 0 aromatic heterocycles. The number of benzene rings is 2. The van der Waals surface area contributed by atoms with Crippen LogP contribution in [0.1, 0.15) is 0 Å². The molecule has 1 aliphatic carbocycles. The van der Waals surface area contributed by atoms with Gasteiger partial charge in [0.25, 0.3) is 0 Å². The van der Waals surface area contributed by atoms with E-state index in [-0.39, 0.29) is 0 Å². The molecular formula is C16H10F6O2. The molecule has 2 aromatic carbocycles. The van der Waals surface area contributed by atoms with Gasteiger partial charge >= 0.3 is 23.6 Å². The summed E-state index contributed by atoms with van der Waals surface area (Å²) in [5, 5.41) is 0. The highest BCUT2D eigenvalue weighted by molar-refractivity contribution is 5.33. The summed E-state index contributed by atoms with van der Waals surface area (Å²) in [6.45, 7) is 0. The highest BCUT2D eigenvalue weighted by Gasteiger charge is 3.03. The summed E-state index contributed by atoms with van der Waals surface area (Å²) in [4.78, 5) is 0. The largest absolute Gasteiger partial charge is 0.442 e. The fourth-order valence-electron chi connectivity index (χ4n) is 2.33. The summed E-state index contributed by atoms with van der Waals surface area (Å²) in [6, 6.07) is 12.6. The smallest absolute Gasteiger partial charge is 0.398 e. The predicted octanol–water partition coefficient (Wildman–Crippen LogP) is 4.76. The van der Waals surface area contributed by atoms with Crippen molar-refractivity contribution in [3.63, 3.8) is 0 Å². The third kappa shape index (κ3) is 1.91. The monoisotopic (exact) mass is 348 g/mol. The van der Waals surface area contributed by atoms with Gasteiger partial charge in [0.05, 0.1) is 0 Å². The van der Waals surface area contributed by atoms with E-state index in [0.29, 0.717) is 0 Å². The number of halogens is 6. The lowest BCUT2D eigenvalue weighted by Crippen LogP contribution is -2.90. The molecule has 24 heavy (non-hydrogen) atoms. The number of para-hydroxylation sites is 2. The first kappa shape index (κ1) is 16.5. The van der Waals surface area contributed by atoms with Crippen LogP contribution in [0.25, 0.3) is 0 Å². The van der Waals surface area contributed by atoms with Gasteiger partial charge in [-0.1, -0.05) is 36.4 Å². The molecule has 0 radical (unpaired) electrons. The van der Waals surface area contributed by atoms with Crippen molar-refractivity contribution in [3.05, 3.63) is 60.7 Å². The molecule has 0 atom stereocenters. The van der Waals surface area contributed by atoms with Gasteiger partial charge in [-0.2, -0.15) is 26.3 Å². The Morgan fingerprint density at radius 3 is 1.17 bits per heavy atom. The quantitative estimate of drug-likeness (QED) is 0.586. The maximum Gasteiger partial charge on any atom is 0.398 e. The Bertz CT molecular complexity index is 656. The number of ether oxygens (including phenoxy) is 2. The Morgan fingerprint density at radius 2 is 0.833 bits per heavy atom. The van der Waals surface area contributed by atoms with Crippen LogP contribution in [0.15, 0.2) is 60.7 Å². The fourth-order valence-corrected chi connectivity index (χ4v) is 2.33. The van der Waals surface area contributed by atoms with E-state index >= 15 is 0 Å². The maximum absolute atomic E-state index is 14.0. The fraction of sp³-hybridized carbons (Fsp3) is 0.250. The van der Waals surface area contributed by atoms with Crippen molar-refractivity contribution >= 4 is 0 Å². The van der Waals surface area contributed by atoms with E-state index in [1.807, 2.05) is 0 Å². The van der Waals surface area contributed by atoms with Crippen LogP contribution in [0.4, 0.5) is 26.3 Å². The first-order valence-electron chi connectivity index (χ1n) is 6.77. The Labute approximate surface area is 132 Å². The van der Waals surface area contributed by atoms with E-state index < -0.39 is 35.1 Å². The van der Waals surface area contributed by atoms with Gasteiger partial charge in [0, 0.05) is 0 Å². The molecule has 0 heterocycles. The zero-order valence-electron chi connectivity index (χ0n) is 11.9. The van der Waals surface area contributed by atoms with Crippen molar-refractivity contribution in [1.82, 2.24) is 0 Å². The van der Waals surface area contributed by atoms with Crippen LogP contribution >= 0.6 is 0 Å². The molecule has 0 bridgehead atoms. The molecular weight excluding hydrogens is 338 g/mol. The van der Waals surface area contributed by atoms with Crippen molar-refractivity contribution in [3.8, 4) is 11.5 Å². The lowest BCUT2D eigenvalue weighted by Gasteiger charge is -2.56. The van der Waals surface area contributed by atoms with Gasteiger partial charge in [-0.05, 0) is 24.3 Å². The van der Waals surface area contributed by atoms with Gasteiger partial charge in [0.2, 0.25) is 0 Å². The Hall–Kier alpha value is -2.38. The summed E-state index contributed by atoms with van der Waals surface area (Å²) in [6.07, 6.45) is 0. The van der Waals surface area contributed by atoms with Crippen molar-refractivity contribution in [2.45, 2.75) is 23.6 Å². The minimum Gasteiger partial charge on any atom is -0.442 e. The molecule has 1 saturated carbocycles. The third-order valence-corrected chi connectivity index (χ3v) is 3.62. The molecule has 2 nitrogen and oxygen atoms in total. The van der Waals surface area contributed by atoms with Crippen LogP contribution in [0, 0.1) is 0 Å². The minimum absolute atomic E-state index is 0.455. The first-order chi connectivity index (χ1) is 11.2. The average Bonchev–Trinajstić information content (AvgIpc) is 2.55. The molecule has 3 rings (SSSR count). The van der Waals surface area contributed by atoms with E-state index in [2.05, 4.69) is 9.47 Å². The van der Waals surface area contributed by atoms with Crippen LogP contribution in [0.3, 0.4) is 0 Å². The van der Waals surface area contributed by atoms with Gasteiger partial charge in [-0.3, -0.25) is 0 Å². The summed E-state index contributed by atoms with van der Waals surface area (Å²) in [7, 11) is 0. The van der Waals surface area contributed by atoms with Crippen molar-refractivity contribution in [2.24, 2.45) is 0 Å². The van der Waals surface area contributed by atoms with Crippen molar-refractivity contribution in [2.75, 3.05) is 0 Å². The van der Waals surface area contributed by atoms with Crippen LogP contribution in [-0.4, -0.2) is 23.6 Å². The lowest BCUT2D eigenvalue weighted by atomic mass is 9.76. The highest BCUT2D eigenvalue weighted by Crippen LogP contribution is 2.68. The summed E-state index contributed by atoms with van der Waals surface area (Å²) < 4.78 is 92.0. The lowest BCUT2D eigenvalue weighted by molar-refractivity contribution is -0.527. The van der Waals surface area contributed by atoms with Crippen LogP contribution in [0.5, 0.6) is 11.5 Å². The van der Waals surface area contributed by atoms with Gasteiger partial charge in [0.15, 0.2) is 0 Å². The second-order valence-electron chi connectivity index (χ2n) is 5.17. The van der Waals surface area contributed by atoms with E-state index in [0.717, 1.165) is 24.3 Å². The summed E-state index contributed by atoms with van der Waals surface area (Å²) in [5.41, 5.74) is 0. The molecule has 0 aliphatic heterocycles. The molecule has 0 amide bonds. The van der Waals surface area contributed by atoms with E-state index in [1.54, 1.807) is 0 Å². The molecule has 1 fully saturated rings. The maximum atomic E-state index is 14.0. The molecule has 2 aromatic rings. The normalized spacial score (nSPS) is 22.2. The van der Waals surface area contributed by atoms with Gasteiger partial charge in [0.1, 0.15) is 11.5 Å². The number of alkyl halides is 6. The van der Waals surface area contributed by atoms with Crippen LogP contribution < -0.4 is 9.47 Å². The van der Waals surface area contributed by atoms with Gasteiger partial charge < -0.3 is 9.47 Å². The standard InChI is InChI=1S/C16H10F6O2/c17-13(18)14(19,20)16(15(13,21)22,23-11-7-3-1-4-8-11)24-12-9-5-2-6-10-12/h1-10H. The second kappa shape index (κ2) is 5.06. The second-order valence-corrected chi connectivity index (χ2v) is 5.17. The van der Waals surface area contributed by atoms with Crippen molar-refractivity contribution in [1.29, 1.82) is 0 Å². The van der Waals surface area contributed by atoms with E-state index in [4.69, 9.17) is 0 Å². The zero-order chi connectivity index (χ0) is 17.6. The zero-order valence-corrected chi connectivity index (χ0v) is 11.9. The topological polar surface area (TPSA) is 18.5 Å². The van der Waals surface area contributed by atoms with Gasteiger partial charge in [-0.15, -0.1) is 0 Å². The molecule has 8 heteroatoms. The minimum atomic E-state index is -5.61. The Morgan fingerprint density at radius 1 is 0.500 bits per heavy atom. The van der Waals surface area contributed by atoms with Gasteiger partial charge in [-0.25, -0.2) is 0 Å². The molecule has 0 unspecified atom stereocenters. The molecule has 0 spiro atoms. The van der Waals surface area contributed by atoms with E-state index in [9.17, 15) is 26.3 Å². The average molecular weight is 348 g/mol. The predicted molar refractivity (Wildman–Crippen MR) is 71.7 cm³/mol. The molecule has 128 valence electrons. The van der Waals surface area contributed by atoms with Crippen molar-refractivity contribution < 1.29 is 35.8 Å². The SMILES string of the molecule is FC1(F)C(F)(F)C(Oc2ccccc2)(Oc2ccccc2)C1(F)F. The highest BCUT2D eigenvalue weighted by atomic mass is 19.4. The molecule has 0 N–H and O–H groups in total. The molecule has 0 saturated heterocycles. The Kier molecular flexibility index (Phi) is 3.47.